The van der Waals surface area contributed by atoms with Crippen molar-refractivity contribution >= 4 is 29.9 Å². The van der Waals surface area contributed by atoms with Crippen LogP contribution in [0.5, 0.6) is 0 Å². The predicted molar refractivity (Wildman–Crippen MR) is 104 cm³/mol. The lowest BCUT2D eigenvalue weighted by molar-refractivity contribution is 0.0992. The van der Waals surface area contributed by atoms with Crippen LogP contribution in [0.2, 0.25) is 0 Å². The molecule has 2 saturated heterocycles. The highest BCUT2D eigenvalue weighted by molar-refractivity contribution is 14.0. The molecule has 24 heavy (non-hydrogen) atoms. The van der Waals surface area contributed by atoms with Crippen molar-refractivity contribution in [3.63, 3.8) is 0 Å². The lowest BCUT2D eigenvalue weighted by atomic mass is 9.95. The number of hydrogen-bond donors (Lipinski definition) is 2. The molecule has 0 aromatic heterocycles. The van der Waals surface area contributed by atoms with Gasteiger partial charge in [-0.15, -0.1) is 24.0 Å². The average Bonchev–Trinajstić information content (AvgIpc) is 3.07. The lowest BCUT2D eigenvalue weighted by Crippen LogP contribution is -2.49. The molecule has 1 aliphatic carbocycles. The minimum atomic E-state index is -0.157. The molecular weight excluding hydrogens is 420 g/mol. The van der Waals surface area contributed by atoms with Gasteiger partial charge >= 0.3 is 0 Å². The van der Waals surface area contributed by atoms with Gasteiger partial charge in [-0.25, -0.2) is 4.39 Å². The standard InChI is InChI=1S/C18H24FN3O.HI/c1-20-17(22-15-10-14-5-6-16(15)23-14)21-11-18(7-8-18)12-3-2-4-13(19)9-12;/h2-4,9,14-16H,5-8,10-11H2,1H3,(H2,20,21,22);1H. The smallest absolute Gasteiger partial charge is 0.191 e. The van der Waals surface area contributed by atoms with Crippen molar-refractivity contribution in [1.29, 1.82) is 0 Å². The largest absolute Gasteiger partial charge is 0.373 e. The number of ether oxygens (including phenoxy) is 1. The van der Waals surface area contributed by atoms with Gasteiger partial charge in [0.25, 0.3) is 0 Å². The molecule has 3 fully saturated rings. The fourth-order valence-electron chi connectivity index (χ4n) is 3.95. The van der Waals surface area contributed by atoms with Crippen LogP contribution in [0.4, 0.5) is 4.39 Å². The Morgan fingerprint density at radius 1 is 1.38 bits per heavy atom. The SMILES string of the molecule is CN=C(NCC1(c2cccc(F)c2)CC1)NC1CC2CCC1O2.I. The van der Waals surface area contributed by atoms with E-state index in [1.807, 2.05) is 6.07 Å². The topological polar surface area (TPSA) is 45.7 Å². The number of fused-ring (bicyclic) bond motifs is 2. The molecule has 1 aromatic rings. The Balaban J connectivity index is 0.00000169. The fraction of sp³-hybridized carbons (Fsp3) is 0.611. The van der Waals surface area contributed by atoms with Crippen molar-refractivity contribution in [3.8, 4) is 0 Å². The molecule has 4 rings (SSSR count). The van der Waals surface area contributed by atoms with E-state index in [1.54, 1.807) is 19.2 Å². The molecule has 2 bridgehead atoms. The van der Waals surface area contributed by atoms with Crippen LogP contribution in [0.1, 0.15) is 37.7 Å². The second-order valence-electron chi connectivity index (χ2n) is 7.08. The van der Waals surface area contributed by atoms with E-state index in [1.165, 1.54) is 12.5 Å². The van der Waals surface area contributed by atoms with E-state index in [0.29, 0.717) is 18.2 Å². The third-order valence-electron chi connectivity index (χ3n) is 5.54. The van der Waals surface area contributed by atoms with E-state index in [9.17, 15) is 4.39 Å². The van der Waals surface area contributed by atoms with Gasteiger partial charge in [0.2, 0.25) is 0 Å². The first-order chi connectivity index (χ1) is 11.2. The summed E-state index contributed by atoms with van der Waals surface area (Å²) in [5, 5.41) is 6.94. The third-order valence-corrected chi connectivity index (χ3v) is 5.54. The molecular formula is C18H25FIN3O. The zero-order chi connectivity index (χ0) is 15.9. The molecule has 0 amide bonds. The molecule has 0 radical (unpaired) electrons. The maximum Gasteiger partial charge on any atom is 0.191 e. The molecule has 2 aliphatic heterocycles. The van der Waals surface area contributed by atoms with E-state index in [2.05, 4.69) is 15.6 Å². The van der Waals surface area contributed by atoms with Crippen molar-refractivity contribution in [1.82, 2.24) is 10.6 Å². The molecule has 0 spiro atoms. The molecule has 3 unspecified atom stereocenters. The Morgan fingerprint density at radius 3 is 2.79 bits per heavy atom. The Morgan fingerprint density at radius 2 is 2.21 bits per heavy atom. The number of nitrogens with zero attached hydrogens (tertiary/aromatic N) is 1. The Kier molecular flexibility index (Phi) is 5.34. The maximum absolute atomic E-state index is 13.5. The van der Waals surface area contributed by atoms with Crippen LogP contribution in [-0.2, 0) is 10.2 Å². The van der Waals surface area contributed by atoms with Gasteiger partial charge in [-0.2, -0.15) is 0 Å². The van der Waals surface area contributed by atoms with E-state index in [-0.39, 0.29) is 35.2 Å². The van der Waals surface area contributed by atoms with Gasteiger partial charge in [0.15, 0.2) is 5.96 Å². The second-order valence-corrected chi connectivity index (χ2v) is 7.08. The van der Waals surface area contributed by atoms with Crippen LogP contribution in [0.25, 0.3) is 0 Å². The van der Waals surface area contributed by atoms with Gasteiger partial charge in [0.05, 0.1) is 18.2 Å². The van der Waals surface area contributed by atoms with Gasteiger partial charge in [-0.3, -0.25) is 4.99 Å². The number of hydrogen-bond acceptors (Lipinski definition) is 2. The summed E-state index contributed by atoms with van der Waals surface area (Å²) in [7, 11) is 1.80. The lowest BCUT2D eigenvalue weighted by Gasteiger charge is -2.24. The first-order valence-electron chi connectivity index (χ1n) is 8.57. The van der Waals surface area contributed by atoms with E-state index in [0.717, 1.165) is 43.8 Å². The number of halogens is 2. The minimum Gasteiger partial charge on any atom is -0.373 e. The number of nitrogens with one attached hydrogen (secondary N) is 2. The van der Waals surface area contributed by atoms with Crippen molar-refractivity contribution in [2.24, 2.45) is 4.99 Å². The summed E-state index contributed by atoms with van der Waals surface area (Å²) in [4.78, 5) is 4.34. The Labute approximate surface area is 159 Å². The quantitative estimate of drug-likeness (QED) is 0.426. The molecule has 1 saturated carbocycles. The van der Waals surface area contributed by atoms with E-state index < -0.39 is 0 Å². The molecule has 3 atom stereocenters. The van der Waals surface area contributed by atoms with Gasteiger partial charge in [-0.1, -0.05) is 12.1 Å². The van der Waals surface area contributed by atoms with Crippen LogP contribution >= 0.6 is 24.0 Å². The summed E-state index contributed by atoms with van der Waals surface area (Å²) < 4.78 is 19.4. The first kappa shape index (κ1) is 17.9. The fourth-order valence-corrected chi connectivity index (χ4v) is 3.95. The van der Waals surface area contributed by atoms with Crippen molar-refractivity contribution in [2.75, 3.05) is 13.6 Å². The highest BCUT2D eigenvalue weighted by Gasteiger charge is 2.45. The highest BCUT2D eigenvalue weighted by Crippen LogP contribution is 2.47. The minimum absolute atomic E-state index is 0. The zero-order valence-electron chi connectivity index (χ0n) is 13.9. The summed E-state index contributed by atoms with van der Waals surface area (Å²) in [6, 6.07) is 7.35. The van der Waals surface area contributed by atoms with Crippen molar-refractivity contribution in [2.45, 2.75) is 55.8 Å². The van der Waals surface area contributed by atoms with Crippen LogP contribution in [0.15, 0.2) is 29.3 Å². The van der Waals surface area contributed by atoms with Crippen molar-refractivity contribution in [3.05, 3.63) is 35.6 Å². The van der Waals surface area contributed by atoms with E-state index >= 15 is 0 Å². The van der Waals surface area contributed by atoms with Gasteiger partial charge in [0.1, 0.15) is 5.82 Å². The van der Waals surface area contributed by atoms with Crippen LogP contribution in [0, 0.1) is 5.82 Å². The summed E-state index contributed by atoms with van der Waals surface area (Å²) in [5.74, 6) is 0.671. The van der Waals surface area contributed by atoms with E-state index in [4.69, 9.17) is 4.74 Å². The zero-order valence-corrected chi connectivity index (χ0v) is 16.3. The normalized spacial score (nSPS) is 29.9. The summed E-state index contributed by atoms with van der Waals surface area (Å²) in [5.41, 5.74) is 1.15. The van der Waals surface area contributed by atoms with Crippen molar-refractivity contribution < 1.29 is 9.13 Å². The molecule has 1 aromatic carbocycles. The molecule has 6 heteroatoms. The average molecular weight is 445 g/mol. The maximum atomic E-state index is 13.5. The predicted octanol–water partition coefficient (Wildman–Crippen LogP) is 2.96. The third kappa shape index (κ3) is 3.54. The number of aliphatic imine (C=N–C) groups is 1. The summed E-state index contributed by atoms with van der Waals surface area (Å²) in [6.07, 6.45) is 6.36. The Bertz CT molecular complexity index is 620. The van der Waals surface area contributed by atoms with Gasteiger partial charge in [0, 0.05) is 19.0 Å². The Hall–Kier alpha value is -0.890. The number of guanidine groups is 1. The number of rotatable bonds is 4. The number of benzene rings is 1. The summed E-state index contributed by atoms with van der Waals surface area (Å²) in [6.45, 7) is 0.789. The van der Waals surface area contributed by atoms with Crippen LogP contribution in [0.3, 0.4) is 0 Å². The van der Waals surface area contributed by atoms with Gasteiger partial charge in [-0.05, 0) is 49.8 Å². The van der Waals surface area contributed by atoms with Gasteiger partial charge < -0.3 is 15.4 Å². The van der Waals surface area contributed by atoms with Crippen LogP contribution in [-0.4, -0.2) is 37.8 Å². The second kappa shape index (κ2) is 7.15. The monoisotopic (exact) mass is 445 g/mol. The molecule has 2 heterocycles. The highest BCUT2D eigenvalue weighted by atomic mass is 127. The molecule has 132 valence electrons. The molecule has 4 nitrogen and oxygen atoms in total. The van der Waals surface area contributed by atoms with Crippen LogP contribution < -0.4 is 10.6 Å². The first-order valence-corrected chi connectivity index (χ1v) is 8.57. The summed E-state index contributed by atoms with van der Waals surface area (Å²) >= 11 is 0. The molecule has 3 aliphatic rings. The molecule has 2 N–H and O–H groups in total.